The highest BCUT2D eigenvalue weighted by Gasteiger charge is 2.13. The Kier molecular flexibility index (Phi) is 8.38. The van der Waals surface area contributed by atoms with E-state index in [0.717, 1.165) is 44.1 Å². The Hall–Kier alpha value is -2.05. The van der Waals surface area contributed by atoms with Crippen LogP contribution in [-0.4, -0.2) is 54.1 Å². The molecule has 7 heteroatoms. The molecule has 1 aliphatic rings. The van der Waals surface area contributed by atoms with E-state index in [4.69, 9.17) is 32.7 Å². The fraction of sp³-hybridized carbons (Fsp3) is 0.318. The molecular formula is C22H25Cl2N3O2. The molecule has 0 saturated carbocycles. The molecule has 1 aliphatic heterocycles. The Balaban J connectivity index is 1.72. The Morgan fingerprint density at radius 2 is 1.93 bits per heavy atom. The molecule has 2 heterocycles. The molecule has 0 unspecified atom stereocenters. The number of aromatic nitrogens is 2. The van der Waals surface area contributed by atoms with Crippen molar-refractivity contribution in [2.75, 3.05) is 39.5 Å². The van der Waals surface area contributed by atoms with Crippen molar-refractivity contribution in [3.05, 3.63) is 71.3 Å². The van der Waals surface area contributed by atoms with Crippen LogP contribution in [0.25, 0.3) is 11.3 Å². The average molecular weight is 434 g/mol. The van der Waals surface area contributed by atoms with E-state index in [1.807, 2.05) is 47.2 Å². The van der Waals surface area contributed by atoms with E-state index in [0.29, 0.717) is 29.1 Å². The van der Waals surface area contributed by atoms with Crippen LogP contribution >= 0.6 is 23.2 Å². The van der Waals surface area contributed by atoms with E-state index in [2.05, 4.69) is 16.6 Å². The molecule has 0 atom stereocenters. The summed E-state index contributed by atoms with van der Waals surface area (Å²) in [5.41, 5.74) is 2.01. The molecule has 1 aromatic carbocycles. The number of rotatable bonds is 9. The fourth-order valence-electron chi connectivity index (χ4n) is 3.00. The molecular weight excluding hydrogens is 409 g/mol. The molecule has 0 bridgehead atoms. The summed E-state index contributed by atoms with van der Waals surface area (Å²) >= 11 is 12.4. The van der Waals surface area contributed by atoms with Crippen LogP contribution in [0, 0.1) is 0 Å². The summed E-state index contributed by atoms with van der Waals surface area (Å²) in [4.78, 5) is 2.33. The summed E-state index contributed by atoms with van der Waals surface area (Å²) in [6.45, 7) is 8.97. The van der Waals surface area contributed by atoms with Gasteiger partial charge in [-0.1, -0.05) is 66.2 Å². The van der Waals surface area contributed by atoms with Gasteiger partial charge in [0.05, 0.1) is 35.5 Å². The number of allylic oxidation sites excluding steroid dienone is 5. The van der Waals surface area contributed by atoms with Crippen LogP contribution in [0.1, 0.15) is 0 Å². The molecule has 0 aliphatic carbocycles. The summed E-state index contributed by atoms with van der Waals surface area (Å²) in [6, 6.07) is 12.0. The molecule has 2 aromatic rings. The van der Waals surface area contributed by atoms with Gasteiger partial charge < -0.3 is 9.47 Å². The van der Waals surface area contributed by atoms with E-state index < -0.39 is 0 Å². The lowest BCUT2D eigenvalue weighted by Gasteiger charge is -2.26. The zero-order valence-corrected chi connectivity index (χ0v) is 17.8. The van der Waals surface area contributed by atoms with Gasteiger partial charge in [-0.3, -0.25) is 9.58 Å². The Labute approximate surface area is 181 Å². The smallest absolute Gasteiger partial charge is 0.233 e. The van der Waals surface area contributed by atoms with Gasteiger partial charge in [-0.2, -0.15) is 0 Å². The molecule has 0 spiro atoms. The van der Waals surface area contributed by atoms with Crippen molar-refractivity contribution >= 4 is 23.2 Å². The van der Waals surface area contributed by atoms with Crippen molar-refractivity contribution < 1.29 is 9.47 Å². The summed E-state index contributed by atoms with van der Waals surface area (Å²) in [5.74, 6) is 0.592. The minimum Gasteiger partial charge on any atom is -0.475 e. The first-order valence-electron chi connectivity index (χ1n) is 9.58. The first-order valence-corrected chi connectivity index (χ1v) is 10.3. The number of halogens is 2. The third-order valence-electron chi connectivity index (χ3n) is 4.52. The monoisotopic (exact) mass is 433 g/mol. The van der Waals surface area contributed by atoms with Crippen LogP contribution in [0.4, 0.5) is 0 Å². The molecule has 0 radical (unpaired) electrons. The zero-order chi connectivity index (χ0) is 20.5. The maximum absolute atomic E-state index is 6.26. The van der Waals surface area contributed by atoms with Crippen molar-refractivity contribution in [1.82, 2.24) is 14.7 Å². The molecule has 3 rings (SSSR count). The summed E-state index contributed by atoms with van der Waals surface area (Å²) < 4.78 is 13.2. The summed E-state index contributed by atoms with van der Waals surface area (Å²) in [6.07, 6.45) is 5.07. The van der Waals surface area contributed by atoms with E-state index in [1.54, 1.807) is 12.2 Å². The molecule has 5 nitrogen and oxygen atoms in total. The molecule has 154 valence electrons. The Morgan fingerprint density at radius 3 is 2.66 bits per heavy atom. The first-order chi connectivity index (χ1) is 14.2. The summed E-state index contributed by atoms with van der Waals surface area (Å²) in [7, 11) is 0. The number of hydrogen-bond donors (Lipinski definition) is 0. The SMILES string of the molecule is C=C/C=C(Cl)\C(Cl)=C/Cn1nc(OCCN2CCOCC2)cc1-c1ccccc1. The van der Waals surface area contributed by atoms with Crippen molar-refractivity contribution in [2.45, 2.75) is 6.54 Å². The van der Waals surface area contributed by atoms with Gasteiger partial charge in [0.15, 0.2) is 0 Å². The van der Waals surface area contributed by atoms with Crippen molar-refractivity contribution in [3.63, 3.8) is 0 Å². The molecule has 0 N–H and O–H groups in total. The Bertz CT molecular complexity index is 856. The van der Waals surface area contributed by atoms with Gasteiger partial charge in [0.1, 0.15) is 6.61 Å². The zero-order valence-electron chi connectivity index (χ0n) is 16.3. The second-order valence-electron chi connectivity index (χ2n) is 6.52. The maximum atomic E-state index is 6.26. The molecule has 1 saturated heterocycles. The quantitative estimate of drug-likeness (QED) is 0.537. The number of hydrogen-bond acceptors (Lipinski definition) is 4. The van der Waals surface area contributed by atoms with E-state index in [1.165, 1.54) is 0 Å². The largest absolute Gasteiger partial charge is 0.475 e. The van der Waals surface area contributed by atoms with Gasteiger partial charge in [0.2, 0.25) is 5.88 Å². The molecule has 1 aromatic heterocycles. The van der Waals surface area contributed by atoms with E-state index in [-0.39, 0.29) is 0 Å². The molecule has 29 heavy (non-hydrogen) atoms. The van der Waals surface area contributed by atoms with Crippen LogP contribution in [-0.2, 0) is 11.3 Å². The van der Waals surface area contributed by atoms with E-state index in [9.17, 15) is 0 Å². The van der Waals surface area contributed by atoms with E-state index >= 15 is 0 Å². The molecule has 1 fully saturated rings. The van der Waals surface area contributed by atoms with Gasteiger partial charge in [0.25, 0.3) is 0 Å². The predicted octanol–water partition coefficient (Wildman–Crippen LogP) is 4.69. The normalized spacial score (nSPS) is 16.1. The first kappa shape index (κ1) is 21.7. The Morgan fingerprint density at radius 1 is 1.17 bits per heavy atom. The van der Waals surface area contributed by atoms with Crippen LogP contribution in [0.2, 0.25) is 0 Å². The number of morpholine rings is 1. The third kappa shape index (κ3) is 6.47. The van der Waals surface area contributed by atoms with Crippen molar-refractivity contribution in [2.24, 2.45) is 0 Å². The second-order valence-corrected chi connectivity index (χ2v) is 7.34. The highest BCUT2D eigenvalue weighted by atomic mass is 35.5. The molecule has 0 amide bonds. The van der Waals surface area contributed by atoms with Crippen molar-refractivity contribution in [1.29, 1.82) is 0 Å². The highest BCUT2D eigenvalue weighted by Crippen LogP contribution is 2.25. The van der Waals surface area contributed by atoms with Crippen LogP contribution in [0.15, 0.2) is 71.3 Å². The van der Waals surface area contributed by atoms with Crippen LogP contribution in [0.3, 0.4) is 0 Å². The average Bonchev–Trinajstić information content (AvgIpc) is 3.16. The summed E-state index contributed by atoms with van der Waals surface area (Å²) in [5, 5.41) is 5.51. The second kappa shape index (κ2) is 11.2. The number of nitrogens with zero attached hydrogens (tertiary/aromatic N) is 3. The van der Waals surface area contributed by atoms with Gasteiger partial charge in [-0.05, 0) is 17.7 Å². The van der Waals surface area contributed by atoms with Gasteiger partial charge in [-0.15, -0.1) is 5.10 Å². The predicted molar refractivity (Wildman–Crippen MR) is 118 cm³/mol. The van der Waals surface area contributed by atoms with Gasteiger partial charge in [-0.25, -0.2) is 0 Å². The maximum Gasteiger partial charge on any atom is 0.233 e. The van der Waals surface area contributed by atoms with Crippen molar-refractivity contribution in [3.8, 4) is 17.1 Å². The highest BCUT2D eigenvalue weighted by molar-refractivity contribution is 6.43. The van der Waals surface area contributed by atoms with Gasteiger partial charge >= 0.3 is 0 Å². The third-order valence-corrected chi connectivity index (χ3v) is 5.31. The fourth-order valence-corrected chi connectivity index (χ4v) is 3.29. The lowest BCUT2D eigenvalue weighted by Crippen LogP contribution is -2.38. The number of ether oxygens (including phenoxy) is 2. The van der Waals surface area contributed by atoms with Crippen LogP contribution < -0.4 is 4.74 Å². The van der Waals surface area contributed by atoms with Gasteiger partial charge in [0, 0.05) is 25.7 Å². The topological polar surface area (TPSA) is 39.5 Å². The standard InChI is InChI=1S/C22H25Cl2N3O2/c1-2-6-19(23)20(24)9-10-27-21(18-7-4-3-5-8-18)17-22(25-27)29-16-13-26-11-14-28-15-12-26/h2-9,17H,1,10-16H2/b19-6+,20-9+. The van der Waals surface area contributed by atoms with Crippen LogP contribution in [0.5, 0.6) is 5.88 Å². The number of benzene rings is 1. The lowest BCUT2D eigenvalue weighted by molar-refractivity contribution is 0.0319. The lowest BCUT2D eigenvalue weighted by atomic mass is 10.1. The minimum absolute atomic E-state index is 0.442. The minimum atomic E-state index is 0.442.